The molecule has 278 valence electrons. The van der Waals surface area contributed by atoms with E-state index < -0.39 is 45.2 Å². The molecule has 1 aliphatic heterocycles. The van der Waals surface area contributed by atoms with Crippen LogP contribution in [-0.2, 0) is 34.0 Å². The van der Waals surface area contributed by atoms with Gasteiger partial charge in [0.05, 0.1) is 23.7 Å². The number of rotatable bonds is 13. The molecule has 7 rings (SSSR count). The largest absolute Gasteiger partial charge is 0.390 e. The van der Waals surface area contributed by atoms with Crippen LogP contribution < -0.4 is 10.6 Å². The van der Waals surface area contributed by atoms with Crippen LogP contribution in [0.5, 0.6) is 0 Å². The molecule has 0 aliphatic carbocycles. The number of nitrogens with one attached hydrogen (secondary N) is 2. The van der Waals surface area contributed by atoms with E-state index in [2.05, 4.69) is 26.6 Å². The van der Waals surface area contributed by atoms with Crippen molar-refractivity contribution in [2.24, 2.45) is 0 Å². The van der Waals surface area contributed by atoms with Crippen molar-refractivity contribution in [2.75, 3.05) is 17.6 Å². The predicted molar refractivity (Wildman–Crippen MR) is 210 cm³/mol. The highest BCUT2D eigenvalue weighted by Gasteiger charge is 2.41. The SMILES string of the molecule is CCc1ccc2c(c1)C(NCC(O)C(Cc1cc(F)cc(F)c1)Nc1nn(C(c3ccccc3)(c3ccccc3)c3ccccc3)nc1Br)CS(=O)(=O)C2. The van der Waals surface area contributed by atoms with Crippen LogP contribution in [0, 0.1) is 11.6 Å². The minimum Gasteiger partial charge on any atom is -0.390 e. The second-order valence-corrected chi connectivity index (χ2v) is 16.5. The Morgan fingerprint density at radius 3 is 1.96 bits per heavy atom. The summed E-state index contributed by atoms with van der Waals surface area (Å²) in [6.07, 6.45) is -0.364. The molecule has 0 bridgehead atoms. The highest BCUT2D eigenvalue weighted by molar-refractivity contribution is 9.10. The third-order valence-electron chi connectivity index (χ3n) is 9.98. The summed E-state index contributed by atoms with van der Waals surface area (Å²) < 4.78 is 55.1. The maximum atomic E-state index is 14.4. The van der Waals surface area contributed by atoms with Crippen molar-refractivity contribution in [1.29, 1.82) is 0 Å². The predicted octanol–water partition coefficient (Wildman–Crippen LogP) is 7.36. The van der Waals surface area contributed by atoms with Gasteiger partial charge in [0, 0.05) is 18.7 Å². The third kappa shape index (κ3) is 7.88. The molecule has 54 heavy (non-hydrogen) atoms. The summed E-state index contributed by atoms with van der Waals surface area (Å²) >= 11 is 3.62. The topological polar surface area (TPSA) is 109 Å². The van der Waals surface area contributed by atoms with Crippen LogP contribution in [0.25, 0.3) is 0 Å². The lowest BCUT2D eigenvalue weighted by atomic mass is 9.77. The van der Waals surface area contributed by atoms with E-state index in [-0.39, 0.29) is 24.5 Å². The number of benzene rings is 5. The molecule has 2 heterocycles. The van der Waals surface area contributed by atoms with Gasteiger partial charge in [0.1, 0.15) is 11.6 Å². The Balaban J connectivity index is 1.26. The molecule has 6 aromatic rings. The second-order valence-electron chi connectivity index (χ2n) is 13.6. The van der Waals surface area contributed by atoms with Gasteiger partial charge in [-0.1, -0.05) is 116 Å². The first-order valence-corrected chi connectivity index (χ1v) is 20.4. The van der Waals surface area contributed by atoms with E-state index in [1.165, 1.54) is 12.1 Å². The summed E-state index contributed by atoms with van der Waals surface area (Å²) in [4.78, 5) is 1.64. The first-order valence-electron chi connectivity index (χ1n) is 17.8. The number of aliphatic hydroxyl groups is 1. The lowest BCUT2D eigenvalue weighted by molar-refractivity contribution is 0.145. The van der Waals surface area contributed by atoms with Crippen molar-refractivity contribution < 1.29 is 22.3 Å². The molecule has 3 N–H and O–H groups in total. The second kappa shape index (κ2) is 15.9. The Labute approximate surface area is 322 Å². The maximum Gasteiger partial charge on any atom is 0.183 e. The number of aromatic nitrogens is 3. The van der Waals surface area contributed by atoms with Crippen LogP contribution in [-0.4, -0.2) is 53.0 Å². The lowest BCUT2D eigenvalue weighted by Crippen LogP contribution is -2.45. The average molecular weight is 813 g/mol. The molecule has 0 saturated carbocycles. The minimum absolute atomic E-state index is 0.0115. The molecule has 12 heteroatoms. The quantitative estimate of drug-likeness (QED) is 0.105. The average Bonchev–Trinajstić information content (AvgIpc) is 3.53. The van der Waals surface area contributed by atoms with Gasteiger partial charge in [0.25, 0.3) is 0 Å². The Morgan fingerprint density at radius 2 is 1.41 bits per heavy atom. The van der Waals surface area contributed by atoms with Gasteiger partial charge in [-0.05, 0) is 79.8 Å². The first kappa shape index (κ1) is 37.6. The van der Waals surface area contributed by atoms with E-state index in [4.69, 9.17) is 10.2 Å². The molecule has 3 atom stereocenters. The normalized spacial score (nSPS) is 16.4. The number of anilines is 1. The van der Waals surface area contributed by atoms with Gasteiger partial charge in [-0.15, -0.1) is 10.2 Å². The molecular formula is C42H40BrF2N5O3S. The van der Waals surface area contributed by atoms with Crippen LogP contribution in [0.2, 0.25) is 0 Å². The third-order valence-corrected chi connectivity index (χ3v) is 12.1. The fourth-order valence-corrected chi connectivity index (χ4v) is 9.39. The highest BCUT2D eigenvalue weighted by atomic mass is 79.9. The van der Waals surface area contributed by atoms with E-state index in [0.717, 1.165) is 45.9 Å². The number of fused-ring (bicyclic) bond motifs is 1. The molecule has 8 nitrogen and oxygen atoms in total. The van der Waals surface area contributed by atoms with Gasteiger partial charge >= 0.3 is 0 Å². The van der Waals surface area contributed by atoms with E-state index >= 15 is 0 Å². The van der Waals surface area contributed by atoms with Crippen LogP contribution in [0.4, 0.5) is 14.6 Å². The molecule has 0 fully saturated rings. The van der Waals surface area contributed by atoms with Crippen molar-refractivity contribution >= 4 is 31.6 Å². The fourth-order valence-electron chi connectivity index (χ4n) is 7.39. The Kier molecular flexibility index (Phi) is 11.1. The minimum atomic E-state index is -3.40. The molecular weight excluding hydrogens is 772 g/mol. The van der Waals surface area contributed by atoms with E-state index in [1.807, 2.05) is 116 Å². The molecule has 5 aromatic carbocycles. The summed E-state index contributed by atoms with van der Waals surface area (Å²) in [5.41, 5.74) is 4.71. The number of hydrogen-bond donors (Lipinski definition) is 3. The van der Waals surface area contributed by atoms with Crippen molar-refractivity contribution in [3.05, 3.63) is 183 Å². The maximum absolute atomic E-state index is 14.4. The van der Waals surface area contributed by atoms with Gasteiger partial charge < -0.3 is 15.7 Å². The smallest absolute Gasteiger partial charge is 0.183 e. The number of halogens is 3. The molecule has 0 saturated heterocycles. The number of aliphatic hydroxyl groups excluding tert-OH is 1. The van der Waals surface area contributed by atoms with Gasteiger partial charge in [-0.2, -0.15) is 4.80 Å². The standard InChI is InChI=1S/C42H40BrF2N5O3S/c1-2-28-18-19-30-26-54(52,53)27-38(36(30)22-28)46-25-39(51)37(23-29-20-34(44)24-35(45)21-29)47-41-40(43)48-50(49-41)42(31-12-6-3-7-13-31,32-14-8-4-9-15-32)33-16-10-5-11-17-33/h3-22,24,37-39,46,51H,2,23,25-27H2,1H3,(H,47,49). The van der Waals surface area contributed by atoms with E-state index in [0.29, 0.717) is 16.0 Å². The molecule has 3 unspecified atom stereocenters. The summed E-state index contributed by atoms with van der Waals surface area (Å²) in [6, 6.07) is 37.4. The lowest BCUT2D eigenvalue weighted by Gasteiger charge is -2.34. The van der Waals surface area contributed by atoms with Gasteiger partial charge in [-0.3, -0.25) is 0 Å². The number of sulfone groups is 1. The molecule has 0 amide bonds. The van der Waals surface area contributed by atoms with Crippen LogP contribution in [0.15, 0.2) is 132 Å². The van der Waals surface area contributed by atoms with Crippen molar-refractivity contribution in [1.82, 2.24) is 20.3 Å². The Bertz CT molecular complexity index is 2210. The zero-order valence-electron chi connectivity index (χ0n) is 29.5. The van der Waals surface area contributed by atoms with Crippen LogP contribution in [0.3, 0.4) is 0 Å². The summed E-state index contributed by atoms with van der Waals surface area (Å²) in [5, 5.41) is 28.4. The van der Waals surface area contributed by atoms with E-state index in [9.17, 15) is 22.3 Å². The van der Waals surface area contributed by atoms with Crippen LogP contribution >= 0.6 is 15.9 Å². The molecule has 0 spiro atoms. The van der Waals surface area contributed by atoms with Gasteiger partial charge in [-0.25, -0.2) is 17.2 Å². The molecule has 1 aromatic heterocycles. The summed E-state index contributed by atoms with van der Waals surface area (Å²) in [5.74, 6) is -1.34. The van der Waals surface area contributed by atoms with Gasteiger partial charge in [0.2, 0.25) is 0 Å². The first-order chi connectivity index (χ1) is 26.1. The van der Waals surface area contributed by atoms with Gasteiger partial charge in [0.15, 0.2) is 25.8 Å². The fraction of sp³-hybridized carbons (Fsp3) is 0.238. The Hall–Kier alpha value is -4.75. The number of nitrogens with zero attached hydrogens (tertiary/aromatic N) is 3. The Morgan fingerprint density at radius 1 is 0.833 bits per heavy atom. The van der Waals surface area contributed by atoms with Crippen molar-refractivity contribution in [2.45, 2.75) is 49.2 Å². The summed E-state index contributed by atoms with van der Waals surface area (Å²) in [6.45, 7) is 2.01. The van der Waals surface area contributed by atoms with Crippen molar-refractivity contribution in [3.8, 4) is 0 Å². The highest BCUT2D eigenvalue weighted by Crippen LogP contribution is 2.41. The number of aryl methyl sites for hydroxylation is 1. The monoisotopic (exact) mass is 811 g/mol. The molecule has 1 aliphatic rings. The number of hydrogen-bond acceptors (Lipinski definition) is 7. The molecule has 0 radical (unpaired) electrons. The zero-order chi connectivity index (χ0) is 37.9. The zero-order valence-corrected chi connectivity index (χ0v) is 31.9. The van der Waals surface area contributed by atoms with Crippen molar-refractivity contribution in [3.63, 3.8) is 0 Å². The van der Waals surface area contributed by atoms with Crippen LogP contribution in [0.1, 0.15) is 51.9 Å². The van der Waals surface area contributed by atoms with E-state index in [1.54, 1.807) is 4.80 Å². The summed E-state index contributed by atoms with van der Waals surface area (Å²) in [7, 11) is -3.40.